The second-order valence-corrected chi connectivity index (χ2v) is 11.1. The van der Waals surface area contributed by atoms with Crippen molar-refractivity contribution in [2.75, 3.05) is 32.1 Å². The zero-order chi connectivity index (χ0) is 21.8. The molecule has 31 heavy (non-hydrogen) atoms. The summed E-state index contributed by atoms with van der Waals surface area (Å²) in [5, 5.41) is 8.03. The average molecular weight is 458 g/mol. The number of thiophene rings is 1. The molecule has 0 amide bonds. The number of aromatic amines is 1. The first-order valence-corrected chi connectivity index (χ1v) is 12.6. The lowest BCUT2D eigenvalue weighted by atomic mass is 10.1. The summed E-state index contributed by atoms with van der Waals surface area (Å²) in [7, 11) is -1.11. The van der Waals surface area contributed by atoms with E-state index in [1.165, 1.54) is 6.26 Å². The van der Waals surface area contributed by atoms with Gasteiger partial charge in [0.25, 0.3) is 0 Å². The molecule has 1 aliphatic rings. The highest BCUT2D eigenvalue weighted by atomic mass is 32.2. The summed E-state index contributed by atoms with van der Waals surface area (Å²) in [5.41, 5.74) is 8.92. The monoisotopic (exact) mass is 457 g/mol. The SMILES string of the molecule is CN(Cc1cc2nc(-c3cccc4[nH]ncc34)nc(N)c2s1)C1CCN(S(C)(=O)=O)C1. The molecule has 0 spiro atoms. The Bertz CT molecular complexity index is 1380. The van der Waals surface area contributed by atoms with E-state index < -0.39 is 10.0 Å². The maximum absolute atomic E-state index is 11.8. The van der Waals surface area contributed by atoms with E-state index in [-0.39, 0.29) is 6.04 Å². The van der Waals surface area contributed by atoms with Crippen LogP contribution >= 0.6 is 11.3 Å². The summed E-state index contributed by atoms with van der Waals surface area (Å²) < 4.78 is 26.0. The van der Waals surface area contributed by atoms with E-state index in [0.717, 1.165) is 38.0 Å². The Balaban J connectivity index is 1.42. The van der Waals surface area contributed by atoms with Crippen molar-refractivity contribution in [2.24, 2.45) is 0 Å². The standard InChI is InChI=1S/C20H23N7O2S2/c1-26(12-6-7-27(10-12)31(2,28)29)11-13-8-17-18(30-13)19(21)24-20(23-17)14-4-3-5-16-15(14)9-22-25-16/h3-5,8-9,12H,6-7,10-11H2,1-2H3,(H,22,25)(H2,21,23,24). The minimum absolute atomic E-state index is 0.192. The molecule has 1 atom stereocenters. The van der Waals surface area contributed by atoms with Gasteiger partial charge in [0.15, 0.2) is 5.82 Å². The van der Waals surface area contributed by atoms with E-state index in [1.807, 2.05) is 25.2 Å². The maximum atomic E-state index is 11.8. The topological polar surface area (TPSA) is 121 Å². The second-order valence-electron chi connectivity index (χ2n) is 7.97. The van der Waals surface area contributed by atoms with Gasteiger partial charge in [-0.3, -0.25) is 10.00 Å². The summed E-state index contributed by atoms with van der Waals surface area (Å²) in [6, 6.07) is 8.11. The number of nitrogens with zero attached hydrogens (tertiary/aromatic N) is 5. The van der Waals surface area contributed by atoms with Crippen molar-refractivity contribution in [3.8, 4) is 11.4 Å². The van der Waals surface area contributed by atoms with E-state index in [9.17, 15) is 8.42 Å². The van der Waals surface area contributed by atoms with Gasteiger partial charge in [-0.25, -0.2) is 22.7 Å². The van der Waals surface area contributed by atoms with Crippen molar-refractivity contribution in [3.05, 3.63) is 35.3 Å². The molecule has 1 unspecified atom stereocenters. The van der Waals surface area contributed by atoms with Crippen LogP contribution in [0.3, 0.4) is 0 Å². The van der Waals surface area contributed by atoms with Gasteiger partial charge in [0.2, 0.25) is 10.0 Å². The van der Waals surface area contributed by atoms with Gasteiger partial charge in [0, 0.05) is 41.5 Å². The van der Waals surface area contributed by atoms with Crippen LogP contribution in [0.4, 0.5) is 5.82 Å². The number of H-pyrrole nitrogens is 1. The number of nitrogens with one attached hydrogen (secondary N) is 1. The van der Waals surface area contributed by atoms with Gasteiger partial charge in [0.1, 0.15) is 5.82 Å². The van der Waals surface area contributed by atoms with Crippen LogP contribution in [0.5, 0.6) is 0 Å². The highest BCUT2D eigenvalue weighted by molar-refractivity contribution is 7.88. The molecule has 0 aliphatic carbocycles. The van der Waals surface area contributed by atoms with Gasteiger partial charge < -0.3 is 5.73 Å². The van der Waals surface area contributed by atoms with E-state index >= 15 is 0 Å². The third-order valence-corrected chi connectivity index (χ3v) is 8.20. The fraction of sp³-hybridized carbons (Fsp3) is 0.350. The van der Waals surface area contributed by atoms with Crippen LogP contribution in [0.15, 0.2) is 30.5 Å². The van der Waals surface area contributed by atoms with Gasteiger partial charge in [-0.2, -0.15) is 5.10 Å². The average Bonchev–Trinajstić information content (AvgIpc) is 3.45. The smallest absolute Gasteiger partial charge is 0.211 e. The number of fused-ring (bicyclic) bond motifs is 2. The molecule has 1 fully saturated rings. The molecule has 3 aromatic heterocycles. The molecule has 4 aromatic rings. The lowest BCUT2D eigenvalue weighted by molar-refractivity contribution is 0.244. The molecule has 1 aromatic carbocycles. The number of sulfonamides is 1. The van der Waals surface area contributed by atoms with Crippen molar-refractivity contribution in [2.45, 2.75) is 19.0 Å². The summed E-state index contributed by atoms with van der Waals surface area (Å²) in [6.45, 7) is 1.80. The molecule has 0 bridgehead atoms. The van der Waals surface area contributed by atoms with Crippen LogP contribution < -0.4 is 5.73 Å². The summed E-state index contributed by atoms with van der Waals surface area (Å²) >= 11 is 1.58. The largest absolute Gasteiger partial charge is 0.382 e. The fourth-order valence-electron chi connectivity index (χ4n) is 4.11. The number of nitrogens with two attached hydrogens (primary N) is 1. The van der Waals surface area contributed by atoms with Crippen molar-refractivity contribution in [1.29, 1.82) is 0 Å². The Morgan fingerprint density at radius 2 is 2.19 bits per heavy atom. The number of aromatic nitrogens is 4. The Labute approximate surface area is 183 Å². The zero-order valence-electron chi connectivity index (χ0n) is 17.2. The highest BCUT2D eigenvalue weighted by Gasteiger charge is 2.31. The van der Waals surface area contributed by atoms with Crippen LogP contribution in [-0.4, -0.2) is 70.2 Å². The third kappa shape index (κ3) is 3.78. The van der Waals surface area contributed by atoms with Crippen LogP contribution in [0.2, 0.25) is 0 Å². The quantitative estimate of drug-likeness (QED) is 0.471. The first-order valence-electron chi connectivity index (χ1n) is 9.93. The van der Waals surface area contributed by atoms with Crippen LogP contribution in [-0.2, 0) is 16.6 Å². The number of benzene rings is 1. The van der Waals surface area contributed by atoms with Crippen molar-refractivity contribution < 1.29 is 8.42 Å². The van der Waals surface area contributed by atoms with Gasteiger partial charge in [0.05, 0.1) is 28.2 Å². The van der Waals surface area contributed by atoms with Gasteiger partial charge in [-0.15, -0.1) is 11.3 Å². The first kappa shape index (κ1) is 20.3. The summed E-state index contributed by atoms with van der Waals surface area (Å²) in [5.74, 6) is 1.04. The molecule has 9 nitrogen and oxygen atoms in total. The maximum Gasteiger partial charge on any atom is 0.211 e. The Kier molecular flexibility index (Phi) is 4.93. The Morgan fingerprint density at radius 3 is 2.97 bits per heavy atom. The van der Waals surface area contributed by atoms with E-state index in [4.69, 9.17) is 10.7 Å². The molecular formula is C20H23N7O2S2. The molecule has 3 N–H and O–H groups in total. The third-order valence-electron chi connectivity index (χ3n) is 5.80. The Hall–Kier alpha value is -2.60. The summed E-state index contributed by atoms with van der Waals surface area (Å²) in [6.07, 6.45) is 3.86. The van der Waals surface area contributed by atoms with E-state index in [2.05, 4.69) is 26.1 Å². The van der Waals surface area contributed by atoms with Gasteiger partial charge >= 0.3 is 0 Å². The van der Waals surface area contributed by atoms with Crippen molar-refractivity contribution >= 4 is 48.3 Å². The summed E-state index contributed by atoms with van der Waals surface area (Å²) in [4.78, 5) is 12.7. The Morgan fingerprint density at radius 1 is 1.35 bits per heavy atom. The molecule has 162 valence electrons. The lowest BCUT2D eigenvalue weighted by Gasteiger charge is -2.23. The van der Waals surface area contributed by atoms with Gasteiger partial charge in [-0.05, 0) is 25.6 Å². The molecule has 5 rings (SSSR count). The number of rotatable bonds is 5. The fourth-order valence-corrected chi connectivity index (χ4v) is 6.05. The second kappa shape index (κ2) is 7.52. The first-order chi connectivity index (χ1) is 14.8. The molecule has 4 heterocycles. The number of hydrogen-bond acceptors (Lipinski definition) is 8. The molecule has 0 radical (unpaired) electrons. The molecule has 1 aliphatic heterocycles. The van der Waals surface area contributed by atoms with Crippen LogP contribution in [0.1, 0.15) is 11.3 Å². The van der Waals surface area contributed by atoms with Crippen molar-refractivity contribution in [1.82, 2.24) is 29.4 Å². The van der Waals surface area contributed by atoms with Crippen LogP contribution in [0, 0.1) is 0 Å². The highest BCUT2D eigenvalue weighted by Crippen LogP contribution is 2.33. The van der Waals surface area contributed by atoms with Crippen LogP contribution in [0.25, 0.3) is 32.5 Å². The van der Waals surface area contributed by atoms with Crippen molar-refractivity contribution in [3.63, 3.8) is 0 Å². The molecule has 11 heteroatoms. The lowest BCUT2D eigenvalue weighted by Crippen LogP contribution is -2.35. The molecular weight excluding hydrogens is 434 g/mol. The number of anilines is 1. The number of nitrogen functional groups attached to an aromatic ring is 1. The predicted octanol–water partition coefficient (Wildman–Crippen LogP) is 2.28. The molecule has 1 saturated heterocycles. The number of likely N-dealkylation sites (N-methyl/N-ethyl adjacent to an activating group) is 1. The number of hydrogen-bond donors (Lipinski definition) is 2. The van der Waals surface area contributed by atoms with E-state index in [1.54, 1.807) is 21.8 Å². The minimum Gasteiger partial charge on any atom is -0.382 e. The zero-order valence-corrected chi connectivity index (χ0v) is 18.9. The molecule has 0 saturated carbocycles. The predicted molar refractivity (Wildman–Crippen MR) is 123 cm³/mol. The minimum atomic E-state index is -3.14. The normalized spacial score (nSPS) is 18.0. The van der Waals surface area contributed by atoms with E-state index in [0.29, 0.717) is 31.3 Å². The van der Waals surface area contributed by atoms with Gasteiger partial charge in [-0.1, -0.05) is 12.1 Å².